The molecule has 1 saturated carbocycles. The van der Waals surface area contributed by atoms with E-state index in [0.29, 0.717) is 19.0 Å². The quantitative estimate of drug-likeness (QED) is 0.496. The van der Waals surface area contributed by atoms with Crippen LogP contribution in [-0.2, 0) is 17.1 Å². The molecule has 2 aliphatic rings. The molecular formula is C27H41N5O5S. The zero-order chi connectivity index (χ0) is 27.4. The summed E-state index contributed by atoms with van der Waals surface area (Å²) < 4.78 is 36.9. The minimum absolute atomic E-state index is 0.0599. The van der Waals surface area contributed by atoms with Gasteiger partial charge in [0.1, 0.15) is 6.10 Å². The number of para-hydroxylation sites is 1. The number of hydrogen-bond donors (Lipinski definition) is 2. The Morgan fingerprint density at radius 2 is 1.97 bits per heavy atom. The summed E-state index contributed by atoms with van der Waals surface area (Å²) in [6, 6.07) is 4.48. The summed E-state index contributed by atoms with van der Waals surface area (Å²) in [5.74, 6) is 0.504. The van der Waals surface area contributed by atoms with Gasteiger partial charge in [-0.2, -0.15) is 8.42 Å². The first-order valence-corrected chi connectivity index (χ1v) is 15.0. The van der Waals surface area contributed by atoms with Gasteiger partial charge in [-0.25, -0.2) is 4.98 Å². The van der Waals surface area contributed by atoms with Crippen molar-refractivity contribution in [2.24, 2.45) is 18.9 Å². The maximum absolute atomic E-state index is 13.6. The Morgan fingerprint density at radius 3 is 2.63 bits per heavy atom. The molecule has 1 aromatic carbocycles. The topological polar surface area (TPSA) is 117 Å². The van der Waals surface area contributed by atoms with Gasteiger partial charge in [0, 0.05) is 38.8 Å². The third kappa shape index (κ3) is 6.50. The van der Waals surface area contributed by atoms with Crippen LogP contribution in [0.15, 0.2) is 35.7 Å². The number of carbonyl (C=O) groups is 1. The highest BCUT2D eigenvalue weighted by Crippen LogP contribution is 2.36. The minimum Gasteiger partial charge on any atom is -0.486 e. The number of aryl methyl sites for hydroxylation is 1. The second-order valence-electron chi connectivity index (χ2n) is 11.0. The summed E-state index contributed by atoms with van der Waals surface area (Å²) >= 11 is 0. The van der Waals surface area contributed by atoms with Crippen molar-refractivity contribution >= 4 is 21.6 Å². The molecular weight excluding hydrogens is 506 g/mol. The number of aliphatic hydroxyl groups is 1. The van der Waals surface area contributed by atoms with Gasteiger partial charge in [-0.15, -0.1) is 0 Å². The second kappa shape index (κ2) is 12.0. The van der Waals surface area contributed by atoms with Gasteiger partial charge in [-0.3, -0.25) is 9.52 Å². The highest BCUT2D eigenvalue weighted by molar-refractivity contribution is 7.92. The number of amides is 1. The van der Waals surface area contributed by atoms with Gasteiger partial charge in [-0.05, 0) is 44.9 Å². The molecule has 1 aromatic heterocycles. The molecule has 0 bridgehead atoms. The van der Waals surface area contributed by atoms with E-state index in [-0.39, 0.29) is 46.6 Å². The summed E-state index contributed by atoms with van der Waals surface area (Å²) in [7, 11) is -0.220. The number of aromatic nitrogens is 2. The maximum Gasteiger partial charge on any atom is 0.281 e. The van der Waals surface area contributed by atoms with E-state index in [1.807, 2.05) is 13.8 Å². The maximum atomic E-state index is 13.6. The number of carbonyl (C=O) groups excluding carboxylic acids is 1. The van der Waals surface area contributed by atoms with Gasteiger partial charge in [0.25, 0.3) is 15.9 Å². The summed E-state index contributed by atoms with van der Waals surface area (Å²) in [6.07, 6.45) is 8.87. The van der Waals surface area contributed by atoms with Gasteiger partial charge in [0.05, 0.1) is 30.2 Å². The Hall–Kier alpha value is -2.63. The molecule has 1 amide bonds. The van der Waals surface area contributed by atoms with Crippen LogP contribution in [0.25, 0.3) is 0 Å². The molecule has 2 N–H and O–H groups in total. The average molecular weight is 548 g/mol. The Kier molecular flexibility index (Phi) is 9.00. The first kappa shape index (κ1) is 28.4. The van der Waals surface area contributed by atoms with E-state index in [2.05, 4.69) is 21.7 Å². The van der Waals surface area contributed by atoms with Gasteiger partial charge >= 0.3 is 0 Å². The lowest BCUT2D eigenvalue weighted by Gasteiger charge is -2.39. The molecule has 4 rings (SSSR count). The van der Waals surface area contributed by atoms with Crippen LogP contribution in [0.5, 0.6) is 5.75 Å². The largest absolute Gasteiger partial charge is 0.486 e. The summed E-state index contributed by atoms with van der Waals surface area (Å²) in [5.41, 5.74) is 0.450. The van der Waals surface area contributed by atoms with Crippen LogP contribution in [0.3, 0.4) is 0 Å². The third-order valence-electron chi connectivity index (χ3n) is 7.68. The van der Waals surface area contributed by atoms with E-state index in [0.717, 1.165) is 6.54 Å². The van der Waals surface area contributed by atoms with Gasteiger partial charge < -0.3 is 24.2 Å². The fourth-order valence-electron chi connectivity index (χ4n) is 5.46. The molecule has 1 fully saturated rings. The molecule has 210 valence electrons. The lowest BCUT2D eigenvalue weighted by atomic mass is 9.89. The van der Waals surface area contributed by atoms with Crippen molar-refractivity contribution in [2.75, 3.05) is 38.0 Å². The van der Waals surface area contributed by atoms with E-state index in [4.69, 9.17) is 4.74 Å². The second-order valence-corrected chi connectivity index (χ2v) is 12.6. The Labute approximate surface area is 226 Å². The predicted molar refractivity (Wildman–Crippen MR) is 146 cm³/mol. The number of rotatable bonds is 9. The molecule has 0 unspecified atom stereocenters. The summed E-state index contributed by atoms with van der Waals surface area (Å²) in [5, 5.41) is 9.77. The molecule has 0 spiro atoms. The number of likely N-dealkylation sites (N-methyl/N-ethyl adjacent to an activating group) is 1. The van der Waals surface area contributed by atoms with Crippen LogP contribution in [0, 0.1) is 11.8 Å². The number of benzene rings is 1. The lowest BCUT2D eigenvalue weighted by Crippen LogP contribution is -2.50. The summed E-state index contributed by atoms with van der Waals surface area (Å²) in [4.78, 5) is 21.6. The van der Waals surface area contributed by atoms with Crippen LogP contribution < -0.4 is 9.46 Å². The first-order chi connectivity index (χ1) is 18.1. The molecule has 3 atom stereocenters. The molecule has 2 heterocycles. The highest BCUT2D eigenvalue weighted by Gasteiger charge is 2.35. The van der Waals surface area contributed by atoms with E-state index >= 15 is 0 Å². The number of nitrogens with zero attached hydrogens (tertiary/aromatic N) is 4. The fraction of sp³-hybridized carbons (Fsp3) is 0.630. The first-order valence-electron chi connectivity index (χ1n) is 13.5. The van der Waals surface area contributed by atoms with Gasteiger partial charge in [-0.1, -0.05) is 32.3 Å². The summed E-state index contributed by atoms with van der Waals surface area (Å²) in [6.45, 7) is 5.70. The van der Waals surface area contributed by atoms with E-state index in [1.54, 1.807) is 34.7 Å². The molecule has 10 nitrogen and oxygen atoms in total. The number of ether oxygens (including phenoxy) is 1. The van der Waals surface area contributed by atoms with Gasteiger partial charge in [0.2, 0.25) is 0 Å². The van der Waals surface area contributed by atoms with Crippen LogP contribution in [0.1, 0.15) is 56.3 Å². The Morgan fingerprint density at radius 1 is 1.24 bits per heavy atom. The minimum atomic E-state index is -4.01. The molecule has 1 aliphatic carbocycles. The highest BCUT2D eigenvalue weighted by atomic mass is 32.2. The number of imidazole rings is 1. The van der Waals surface area contributed by atoms with Crippen molar-refractivity contribution in [3.63, 3.8) is 0 Å². The number of anilines is 1. The van der Waals surface area contributed by atoms with E-state index in [1.165, 1.54) is 44.6 Å². The molecule has 0 saturated heterocycles. The van der Waals surface area contributed by atoms with Crippen LogP contribution in [-0.4, -0.2) is 84.2 Å². The van der Waals surface area contributed by atoms with Gasteiger partial charge in [0.15, 0.2) is 10.8 Å². The molecule has 1 aliphatic heterocycles. The molecule has 11 heteroatoms. The number of fused-ring (bicyclic) bond motifs is 1. The normalized spacial score (nSPS) is 21.9. The Balaban J connectivity index is 1.67. The SMILES string of the molecule is C[C@@H]1CN([C@@H](C)CO)C(=O)c2cccc(NS(=O)(=O)c3cn(C)cn3)c2O[C@H]1CN(C)CC1CCCCC1. The van der Waals surface area contributed by atoms with Crippen molar-refractivity contribution in [2.45, 2.75) is 63.1 Å². The molecule has 0 radical (unpaired) electrons. The van der Waals surface area contributed by atoms with Crippen molar-refractivity contribution in [1.82, 2.24) is 19.4 Å². The standard InChI is InChI=1S/C27H41N5O5S/c1-19-13-32(20(2)17-33)27(34)22-11-8-12-23(29-38(35,36)25-16-31(4)18-28-25)26(22)37-24(19)15-30(3)14-21-9-6-5-7-10-21/h8,11-12,16,18-21,24,29,33H,5-7,9-10,13-15,17H2,1-4H3/t19-,20+,24+/m1/s1. The predicted octanol–water partition coefficient (Wildman–Crippen LogP) is 2.95. The molecule has 38 heavy (non-hydrogen) atoms. The monoisotopic (exact) mass is 547 g/mol. The number of sulfonamides is 1. The van der Waals surface area contributed by atoms with E-state index in [9.17, 15) is 18.3 Å². The molecule has 2 aromatic rings. The van der Waals surface area contributed by atoms with Crippen LogP contribution in [0.4, 0.5) is 5.69 Å². The lowest BCUT2D eigenvalue weighted by molar-refractivity contribution is 0.0333. The van der Waals surface area contributed by atoms with Crippen LogP contribution >= 0.6 is 0 Å². The number of aliphatic hydroxyl groups excluding tert-OH is 1. The van der Waals surface area contributed by atoms with Crippen molar-refractivity contribution in [1.29, 1.82) is 0 Å². The zero-order valence-electron chi connectivity index (χ0n) is 22.8. The van der Waals surface area contributed by atoms with Crippen molar-refractivity contribution in [3.8, 4) is 5.75 Å². The van der Waals surface area contributed by atoms with Crippen molar-refractivity contribution < 1.29 is 23.1 Å². The number of nitrogens with one attached hydrogen (secondary N) is 1. The van der Waals surface area contributed by atoms with Crippen LogP contribution in [0.2, 0.25) is 0 Å². The smallest absolute Gasteiger partial charge is 0.281 e. The van der Waals surface area contributed by atoms with Crippen molar-refractivity contribution in [3.05, 3.63) is 36.3 Å². The third-order valence-corrected chi connectivity index (χ3v) is 8.93. The Bertz CT molecular complexity index is 1210. The van der Waals surface area contributed by atoms with E-state index < -0.39 is 16.1 Å². The average Bonchev–Trinajstić information content (AvgIpc) is 3.34. The zero-order valence-corrected chi connectivity index (χ0v) is 23.7. The fourth-order valence-corrected chi connectivity index (χ4v) is 6.50. The number of hydrogen-bond acceptors (Lipinski definition) is 7.